The molecule has 0 heterocycles. The fourth-order valence-corrected chi connectivity index (χ4v) is 0.229. The summed E-state index contributed by atoms with van der Waals surface area (Å²) >= 11 is 0. The maximum Gasteiger partial charge on any atom is 0.125 e. The molecule has 66 valence electrons. The molecule has 0 atom stereocenters. The van der Waals surface area contributed by atoms with E-state index in [9.17, 15) is 0 Å². The van der Waals surface area contributed by atoms with Crippen molar-refractivity contribution in [3.63, 3.8) is 0 Å². The summed E-state index contributed by atoms with van der Waals surface area (Å²) in [6, 6.07) is 0. The van der Waals surface area contributed by atoms with Gasteiger partial charge in [-0.25, -0.2) is 4.99 Å². The zero-order chi connectivity index (χ0) is 9.28. The molecule has 0 aliphatic rings. The van der Waals surface area contributed by atoms with Gasteiger partial charge in [0.15, 0.2) is 0 Å². The first-order valence-electron chi connectivity index (χ1n) is 3.69. The Labute approximate surface area is 71.0 Å². The molecular weight excluding hydrogens is 136 g/mol. The van der Waals surface area contributed by atoms with Crippen LogP contribution in [0.1, 0.15) is 28.6 Å². The Morgan fingerprint density at radius 3 is 2.09 bits per heavy atom. The molecule has 0 saturated carbocycles. The maximum atomic E-state index is 5.31. The van der Waals surface area contributed by atoms with Crippen molar-refractivity contribution in [1.82, 2.24) is 0 Å². The van der Waals surface area contributed by atoms with Crippen molar-refractivity contribution in [2.75, 3.05) is 0 Å². The van der Waals surface area contributed by atoms with Crippen LogP contribution in [0.25, 0.3) is 0 Å². The molecule has 0 aromatic heterocycles. The summed E-state index contributed by atoms with van der Waals surface area (Å²) < 4.78 is 0. The molecule has 0 bridgehead atoms. The van der Waals surface area contributed by atoms with Gasteiger partial charge in [0.05, 0.1) is 0 Å². The third kappa shape index (κ3) is 8.95. The van der Waals surface area contributed by atoms with Gasteiger partial charge in [-0.1, -0.05) is 32.9 Å². The molecule has 0 rings (SSSR count). The fraction of sp³-hybridized carbons (Fsp3) is 0.444. The molecule has 0 saturated heterocycles. The molecule has 2 heteroatoms. The second-order valence-electron chi connectivity index (χ2n) is 2.14. The molecule has 2 N–H and O–H groups in total. The van der Waals surface area contributed by atoms with Crippen molar-refractivity contribution >= 4 is 6.72 Å². The summed E-state index contributed by atoms with van der Waals surface area (Å²) in [5.41, 5.74) is 6.17. The van der Waals surface area contributed by atoms with Gasteiger partial charge < -0.3 is 5.73 Å². The molecule has 2 nitrogen and oxygen atoms in total. The minimum absolute atomic E-state index is 0. The van der Waals surface area contributed by atoms with Gasteiger partial charge >= 0.3 is 0 Å². The van der Waals surface area contributed by atoms with Gasteiger partial charge in [0.25, 0.3) is 0 Å². The van der Waals surface area contributed by atoms with Gasteiger partial charge in [-0.2, -0.15) is 0 Å². The highest BCUT2D eigenvalue weighted by molar-refractivity contribution is 5.31. The largest absolute Gasteiger partial charge is 0.384 e. The highest BCUT2D eigenvalue weighted by Crippen LogP contribution is 1.97. The molecule has 11 heavy (non-hydrogen) atoms. The lowest BCUT2D eigenvalue weighted by Gasteiger charge is -1.91. The van der Waals surface area contributed by atoms with Crippen molar-refractivity contribution in [2.45, 2.75) is 27.2 Å². The lowest BCUT2D eigenvalue weighted by Crippen LogP contribution is -1.94. The van der Waals surface area contributed by atoms with Crippen molar-refractivity contribution in [3.05, 3.63) is 24.0 Å². The molecular formula is C9H20N2. The quantitative estimate of drug-likeness (QED) is 0.484. The Hall–Kier alpha value is -1.05. The summed E-state index contributed by atoms with van der Waals surface area (Å²) in [6.07, 6.45) is 2.89. The molecule has 0 fully saturated rings. The summed E-state index contributed by atoms with van der Waals surface area (Å²) in [5, 5.41) is 0. The highest BCUT2D eigenvalue weighted by Gasteiger charge is 1.84. The average molecular weight is 156 g/mol. The van der Waals surface area contributed by atoms with E-state index in [4.69, 9.17) is 5.73 Å². The number of rotatable bonds is 2. The third-order valence-electron chi connectivity index (χ3n) is 0.881. The van der Waals surface area contributed by atoms with Crippen LogP contribution in [0.15, 0.2) is 29.0 Å². The molecule has 0 aliphatic carbocycles. The molecule has 0 aromatic rings. The number of nitrogens with two attached hydrogens (primary N) is 1. The second-order valence-corrected chi connectivity index (χ2v) is 2.14. The lowest BCUT2D eigenvalue weighted by atomic mass is 10.3. The maximum absolute atomic E-state index is 5.31. The van der Waals surface area contributed by atoms with E-state index in [0.29, 0.717) is 5.82 Å². The van der Waals surface area contributed by atoms with E-state index in [1.54, 1.807) is 6.08 Å². The molecule has 0 spiro atoms. The normalized spacial score (nSPS) is 10.5. The molecule has 0 unspecified atom stereocenters. The van der Waals surface area contributed by atoms with E-state index >= 15 is 0 Å². The highest BCUT2D eigenvalue weighted by atomic mass is 14.9. The van der Waals surface area contributed by atoms with Crippen LogP contribution >= 0.6 is 0 Å². The van der Waals surface area contributed by atoms with Crippen LogP contribution in [0.2, 0.25) is 0 Å². The van der Waals surface area contributed by atoms with Crippen LogP contribution in [0.4, 0.5) is 0 Å². The minimum atomic E-state index is 0. The number of hydrogen-bond donors (Lipinski definition) is 1. The van der Waals surface area contributed by atoms with E-state index in [1.165, 1.54) is 6.42 Å². The number of aliphatic imine (C=N–C) groups is 1. The fourth-order valence-electron chi connectivity index (χ4n) is 0.229. The molecule has 0 radical (unpaired) electrons. The Bertz CT molecular complexity index is 135. The van der Waals surface area contributed by atoms with Crippen molar-refractivity contribution in [3.8, 4) is 0 Å². The van der Waals surface area contributed by atoms with Gasteiger partial charge in [0.1, 0.15) is 5.82 Å². The topological polar surface area (TPSA) is 38.4 Å². The lowest BCUT2D eigenvalue weighted by molar-refractivity contribution is 1.09. The second kappa shape index (κ2) is 8.95. The van der Waals surface area contributed by atoms with Crippen LogP contribution < -0.4 is 5.73 Å². The zero-order valence-electron chi connectivity index (χ0n) is 7.72. The predicted octanol–water partition coefficient (Wildman–Crippen LogP) is 2.73. The minimum Gasteiger partial charge on any atom is -0.384 e. The first-order chi connectivity index (χ1) is 5.13. The van der Waals surface area contributed by atoms with Crippen LogP contribution in [0.3, 0.4) is 0 Å². The van der Waals surface area contributed by atoms with E-state index in [1.807, 2.05) is 6.92 Å². The Morgan fingerprint density at radius 2 is 2.00 bits per heavy atom. The number of hydrogen-bond acceptors (Lipinski definition) is 2. The summed E-state index contributed by atoms with van der Waals surface area (Å²) in [6.45, 7) is 12.8. The van der Waals surface area contributed by atoms with Gasteiger partial charge in [0, 0.05) is 1.43 Å². The third-order valence-corrected chi connectivity index (χ3v) is 0.881. The van der Waals surface area contributed by atoms with E-state index < -0.39 is 0 Å². The van der Waals surface area contributed by atoms with Crippen LogP contribution in [-0.4, -0.2) is 6.72 Å². The number of nitrogens with zero attached hydrogens (tertiary/aromatic N) is 1. The van der Waals surface area contributed by atoms with Gasteiger partial charge in [-0.15, -0.1) is 0 Å². The molecule has 0 aromatic carbocycles. The van der Waals surface area contributed by atoms with Gasteiger partial charge in [0.2, 0.25) is 0 Å². The first-order valence-corrected chi connectivity index (χ1v) is 3.69. The summed E-state index contributed by atoms with van der Waals surface area (Å²) in [7, 11) is 0. The smallest absolute Gasteiger partial charge is 0.125 e. The van der Waals surface area contributed by atoms with E-state index in [-0.39, 0.29) is 1.43 Å². The van der Waals surface area contributed by atoms with Crippen molar-refractivity contribution in [1.29, 1.82) is 0 Å². The zero-order valence-corrected chi connectivity index (χ0v) is 7.72. The van der Waals surface area contributed by atoms with Crippen molar-refractivity contribution in [2.24, 2.45) is 10.7 Å². The molecule has 0 amide bonds. The summed E-state index contributed by atoms with van der Waals surface area (Å²) in [5.74, 6) is 0.444. The monoisotopic (exact) mass is 156 g/mol. The standard InChI is InChI=1S/C6H10N2.C3H8.H2/c1-4-5(2)6(7)8-3;1-3-2;/h4H,1,3,7H2,2H3;3H2,1-2H3;1H/b6-5+;;. The van der Waals surface area contributed by atoms with E-state index in [2.05, 4.69) is 32.1 Å². The predicted molar refractivity (Wildman–Crippen MR) is 54.7 cm³/mol. The Kier molecular flexibility index (Phi) is 10.3. The molecule has 0 aliphatic heterocycles. The average Bonchev–Trinajstić information content (AvgIpc) is 2.03. The van der Waals surface area contributed by atoms with Crippen LogP contribution in [-0.2, 0) is 0 Å². The van der Waals surface area contributed by atoms with Crippen LogP contribution in [0, 0.1) is 0 Å². The van der Waals surface area contributed by atoms with Gasteiger partial charge in [-0.3, -0.25) is 0 Å². The van der Waals surface area contributed by atoms with Crippen molar-refractivity contribution < 1.29 is 1.43 Å². The summed E-state index contributed by atoms with van der Waals surface area (Å²) in [4.78, 5) is 3.50. The van der Waals surface area contributed by atoms with Crippen LogP contribution in [0.5, 0.6) is 0 Å². The Morgan fingerprint density at radius 1 is 1.64 bits per heavy atom. The Balaban J connectivity index is -0.000000177. The van der Waals surface area contributed by atoms with E-state index in [0.717, 1.165) is 5.57 Å². The first kappa shape index (κ1) is 12.6. The van der Waals surface area contributed by atoms with Gasteiger partial charge in [-0.05, 0) is 19.2 Å². The number of allylic oxidation sites excluding steroid dienone is 2. The SMILES string of the molecule is C=C/C(C)=C(\N)N=C.CCC.[HH].